The number of pyridine rings is 1. The number of carbonyl (C=O) groups is 1. The van der Waals surface area contributed by atoms with E-state index in [4.69, 9.17) is 14.1 Å². The molecular formula is C26H22N4O5. The van der Waals surface area contributed by atoms with Crippen LogP contribution in [0.25, 0.3) is 22.6 Å². The largest absolute Gasteiger partial charge is 0.449 e. The molecule has 2 aromatic heterocycles. The molecule has 0 spiro atoms. The number of para-hydroxylation sites is 1. The van der Waals surface area contributed by atoms with E-state index in [9.17, 15) is 14.9 Å². The smallest absolute Gasteiger partial charge is 0.339 e. The quantitative estimate of drug-likeness (QED) is 0.209. The number of carbonyl (C=O) groups excluding carboxylic acids is 1. The number of fused-ring (bicyclic) bond motifs is 2. The summed E-state index contributed by atoms with van der Waals surface area (Å²) >= 11 is 0. The van der Waals surface area contributed by atoms with Crippen LogP contribution in [0, 0.1) is 17.0 Å². The zero-order chi connectivity index (χ0) is 24.5. The van der Waals surface area contributed by atoms with Gasteiger partial charge in [-0.25, -0.2) is 9.78 Å². The van der Waals surface area contributed by atoms with Gasteiger partial charge in [0.2, 0.25) is 5.89 Å². The number of nitro benzene ring substituents is 1. The maximum Gasteiger partial charge on any atom is 0.339 e. The molecule has 1 atom stereocenters. The molecule has 0 saturated heterocycles. The number of non-ortho nitro benzene ring substituents is 1. The van der Waals surface area contributed by atoms with Gasteiger partial charge in [-0.2, -0.15) is 0 Å². The molecule has 0 saturated carbocycles. The molecule has 0 aliphatic heterocycles. The lowest BCUT2D eigenvalue weighted by Gasteiger charge is -2.23. The summed E-state index contributed by atoms with van der Waals surface area (Å²) in [6.07, 6.45) is 3.42. The molecular weight excluding hydrogens is 448 g/mol. The number of nitrogens with zero attached hydrogens (tertiary/aromatic N) is 4. The number of hydrogen-bond acceptors (Lipinski definition) is 8. The highest BCUT2D eigenvalue weighted by molar-refractivity contribution is 6.06. The summed E-state index contributed by atoms with van der Waals surface area (Å²) in [5.41, 5.74) is 4.33. The zero-order valence-electron chi connectivity index (χ0n) is 19.2. The summed E-state index contributed by atoms with van der Waals surface area (Å²) in [5, 5.41) is 19.7. The number of aryl methyl sites for hydroxylation is 1. The Morgan fingerprint density at radius 2 is 2.00 bits per heavy atom. The van der Waals surface area contributed by atoms with Crippen LogP contribution in [0.1, 0.15) is 64.8 Å². The normalized spacial score (nSPS) is 15.1. The van der Waals surface area contributed by atoms with Crippen molar-refractivity contribution in [3.8, 4) is 0 Å². The third kappa shape index (κ3) is 4.40. The number of esters is 1. The molecule has 2 aromatic carbocycles. The van der Waals surface area contributed by atoms with E-state index in [1.807, 2.05) is 36.4 Å². The van der Waals surface area contributed by atoms with E-state index >= 15 is 0 Å². The summed E-state index contributed by atoms with van der Waals surface area (Å²) < 4.78 is 11.2. The van der Waals surface area contributed by atoms with Gasteiger partial charge in [-0.3, -0.25) is 10.1 Å². The SMILES string of the molecule is Cc1nnc(C(C)OC(=O)c2c3c(nc4ccccc24)/C(=C\c2cccc([N+](=O)[O-])c2)CCC3)o1. The molecule has 35 heavy (non-hydrogen) atoms. The number of allylic oxidation sites excluding steroid dienone is 1. The second kappa shape index (κ2) is 9.09. The van der Waals surface area contributed by atoms with Crippen LogP contribution in [0.3, 0.4) is 0 Å². The second-order valence-corrected chi connectivity index (χ2v) is 8.41. The van der Waals surface area contributed by atoms with Crippen molar-refractivity contribution < 1.29 is 18.9 Å². The van der Waals surface area contributed by atoms with Gasteiger partial charge in [-0.15, -0.1) is 10.2 Å². The van der Waals surface area contributed by atoms with Gasteiger partial charge < -0.3 is 9.15 Å². The molecule has 1 aliphatic carbocycles. The highest BCUT2D eigenvalue weighted by Crippen LogP contribution is 2.37. The highest BCUT2D eigenvalue weighted by Gasteiger charge is 2.28. The fourth-order valence-corrected chi connectivity index (χ4v) is 4.38. The molecule has 0 bridgehead atoms. The number of hydrogen-bond donors (Lipinski definition) is 0. The number of ether oxygens (including phenoxy) is 1. The van der Waals surface area contributed by atoms with Crippen LogP contribution in [0.4, 0.5) is 5.69 Å². The van der Waals surface area contributed by atoms with Crippen LogP contribution in [-0.2, 0) is 11.2 Å². The van der Waals surface area contributed by atoms with Gasteiger partial charge in [0.15, 0.2) is 6.10 Å². The van der Waals surface area contributed by atoms with Gasteiger partial charge in [0.05, 0.1) is 21.7 Å². The highest BCUT2D eigenvalue weighted by atomic mass is 16.6. The van der Waals surface area contributed by atoms with Crippen molar-refractivity contribution in [3.63, 3.8) is 0 Å². The van der Waals surface area contributed by atoms with E-state index in [0.29, 0.717) is 34.3 Å². The first kappa shape index (κ1) is 22.4. The Kier molecular flexibility index (Phi) is 5.82. The molecule has 4 aromatic rings. The maximum absolute atomic E-state index is 13.5. The molecule has 2 heterocycles. The summed E-state index contributed by atoms with van der Waals surface area (Å²) in [6.45, 7) is 3.36. The lowest BCUT2D eigenvalue weighted by molar-refractivity contribution is -0.384. The average molecular weight is 470 g/mol. The number of nitro groups is 1. The van der Waals surface area contributed by atoms with Gasteiger partial charge in [0.25, 0.3) is 11.6 Å². The summed E-state index contributed by atoms with van der Waals surface area (Å²) in [6, 6.07) is 13.9. The van der Waals surface area contributed by atoms with E-state index in [1.54, 1.807) is 19.9 Å². The minimum atomic E-state index is -0.713. The molecule has 5 rings (SSSR count). The van der Waals surface area contributed by atoms with Gasteiger partial charge in [-0.05, 0) is 55.0 Å². The predicted octanol–water partition coefficient (Wildman–Crippen LogP) is 5.63. The second-order valence-electron chi connectivity index (χ2n) is 8.41. The third-order valence-corrected chi connectivity index (χ3v) is 5.97. The summed E-state index contributed by atoms with van der Waals surface area (Å²) in [4.78, 5) is 29.1. The van der Waals surface area contributed by atoms with Crippen LogP contribution in [0.15, 0.2) is 52.9 Å². The molecule has 1 unspecified atom stereocenters. The Morgan fingerprint density at radius 1 is 1.17 bits per heavy atom. The Labute approximate surface area is 200 Å². The van der Waals surface area contributed by atoms with E-state index in [0.717, 1.165) is 29.7 Å². The minimum absolute atomic E-state index is 0.0244. The average Bonchev–Trinajstić information content (AvgIpc) is 3.29. The first-order chi connectivity index (χ1) is 16.9. The predicted molar refractivity (Wildman–Crippen MR) is 129 cm³/mol. The zero-order valence-corrected chi connectivity index (χ0v) is 19.2. The van der Waals surface area contributed by atoms with E-state index in [2.05, 4.69) is 10.2 Å². The molecule has 0 amide bonds. The molecule has 0 N–H and O–H groups in total. The first-order valence-electron chi connectivity index (χ1n) is 11.3. The molecule has 0 fully saturated rings. The Balaban J connectivity index is 1.60. The fraction of sp³-hybridized carbons (Fsp3) is 0.231. The maximum atomic E-state index is 13.5. The van der Waals surface area contributed by atoms with E-state index in [1.165, 1.54) is 12.1 Å². The van der Waals surface area contributed by atoms with Crippen molar-refractivity contribution in [2.45, 2.75) is 39.2 Å². The minimum Gasteiger partial charge on any atom is -0.449 e. The fourth-order valence-electron chi connectivity index (χ4n) is 4.38. The van der Waals surface area contributed by atoms with Crippen molar-refractivity contribution in [3.05, 3.63) is 92.8 Å². The summed E-state index contributed by atoms with van der Waals surface area (Å²) in [7, 11) is 0. The summed E-state index contributed by atoms with van der Waals surface area (Å²) in [5.74, 6) is 0.139. The van der Waals surface area contributed by atoms with Gasteiger partial charge in [-0.1, -0.05) is 30.3 Å². The number of benzene rings is 2. The van der Waals surface area contributed by atoms with Crippen molar-refractivity contribution in [1.29, 1.82) is 0 Å². The number of aromatic nitrogens is 3. The van der Waals surface area contributed by atoms with Crippen molar-refractivity contribution in [1.82, 2.24) is 15.2 Å². The van der Waals surface area contributed by atoms with Crippen LogP contribution >= 0.6 is 0 Å². The van der Waals surface area contributed by atoms with Gasteiger partial charge in [0.1, 0.15) is 0 Å². The number of rotatable bonds is 5. The van der Waals surface area contributed by atoms with Crippen molar-refractivity contribution >= 4 is 34.2 Å². The molecule has 1 aliphatic rings. The van der Waals surface area contributed by atoms with Crippen LogP contribution in [0.5, 0.6) is 0 Å². The van der Waals surface area contributed by atoms with E-state index < -0.39 is 17.0 Å². The molecule has 0 radical (unpaired) electrons. The van der Waals surface area contributed by atoms with Gasteiger partial charge in [0, 0.05) is 24.4 Å². The monoisotopic (exact) mass is 470 g/mol. The van der Waals surface area contributed by atoms with E-state index in [-0.39, 0.29) is 11.6 Å². The van der Waals surface area contributed by atoms with Crippen molar-refractivity contribution in [2.75, 3.05) is 0 Å². The topological polar surface area (TPSA) is 121 Å². The Morgan fingerprint density at radius 3 is 2.77 bits per heavy atom. The Hall–Kier alpha value is -4.40. The lowest BCUT2D eigenvalue weighted by atomic mass is 9.86. The Bertz CT molecular complexity index is 1490. The molecule has 9 heteroatoms. The standard InChI is InChI=1S/C26H22N4O5/c1-15(25-29-28-16(2)35-25)34-26(31)23-20-10-3-4-12-22(20)27-24-18(8-6-11-21(23)24)13-17-7-5-9-19(14-17)30(32)33/h3-5,7,9-10,12-15H,6,8,11H2,1-2H3/b18-13-. The van der Waals surface area contributed by atoms with Crippen molar-refractivity contribution in [2.24, 2.45) is 0 Å². The van der Waals surface area contributed by atoms with Crippen LogP contribution < -0.4 is 0 Å². The third-order valence-electron chi connectivity index (χ3n) is 5.97. The molecule has 176 valence electrons. The van der Waals surface area contributed by atoms with Gasteiger partial charge >= 0.3 is 5.97 Å². The lowest BCUT2D eigenvalue weighted by Crippen LogP contribution is -2.17. The first-order valence-corrected chi connectivity index (χ1v) is 11.3. The molecule has 9 nitrogen and oxygen atoms in total. The van der Waals surface area contributed by atoms with Crippen LogP contribution in [0.2, 0.25) is 0 Å². The van der Waals surface area contributed by atoms with Crippen LogP contribution in [-0.4, -0.2) is 26.1 Å².